The second kappa shape index (κ2) is 8.62. The average molecular weight is 386 g/mol. The lowest BCUT2D eigenvalue weighted by molar-refractivity contribution is -0.155. The molecule has 3 heterocycles. The fourth-order valence-electron chi connectivity index (χ4n) is 4.42. The van der Waals surface area contributed by atoms with Crippen molar-refractivity contribution >= 4 is 11.8 Å². The van der Waals surface area contributed by atoms with E-state index in [2.05, 4.69) is 24.0 Å². The molecule has 2 saturated heterocycles. The van der Waals surface area contributed by atoms with Gasteiger partial charge >= 0.3 is 0 Å². The molecular weight excluding hydrogens is 354 g/mol. The van der Waals surface area contributed by atoms with Gasteiger partial charge in [-0.25, -0.2) is 0 Å². The summed E-state index contributed by atoms with van der Waals surface area (Å²) in [5.74, 6) is 0.893. The van der Waals surface area contributed by atoms with Gasteiger partial charge < -0.3 is 14.5 Å². The lowest BCUT2D eigenvalue weighted by Gasteiger charge is -2.38. The molecular formula is C22H31N3O3. The maximum absolute atomic E-state index is 13.0. The quantitative estimate of drug-likeness (QED) is 0.792. The number of benzene rings is 1. The Hall–Kier alpha value is -1.92. The van der Waals surface area contributed by atoms with Crippen LogP contribution in [0.4, 0.5) is 0 Å². The molecule has 0 radical (unpaired) electrons. The van der Waals surface area contributed by atoms with E-state index in [1.54, 1.807) is 0 Å². The highest BCUT2D eigenvalue weighted by Crippen LogP contribution is 2.21. The minimum atomic E-state index is -0.538. The van der Waals surface area contributed by atoms with Crippen LogP contribution >= 0.6 is 0 Å². The summed E-state index contributed by atoms with van der Waals surface area (Å²) >= 11 is 0. The molecule has 28 heavy (non-hydrogen) atoms. The van der Waals surface area contributed by atoms with Crippen molar-refractivity contribution in [3.05, 3.63) is 35.4 Å². The number of likely N-dealkylation sites (tertiary alicyclic amines) is 1. The number of amides is 2. The minimum Gasteiger partial charge on any atom is -0.365 e. The Bertz CT molecular complexity index is 715. The largest absolute Gasteiger partial charge is 0.365 e. The third kappa shape index (κ3) is 4.39. The number of fused-ring (bicyclic) bond motifs is 1. The molecule has 0 N–H and O–H groups in total. The summed E-state index contributed by atoms with van der Waals surface area (Å²) in [6.45, 7) is 7.46. The van der Waals surface area contributed by atoms with Crippen molar-refractivity contribution in [2.45, 2.75) is 38.8 Å². The van der Waals surface area contributed by atoms with Gasteiger partial charge in [0.1, 0.15) is 0 Å². The van der Waals surface area contributed by atoms with E-state index < -0.39 is 6.10 Å². The number of carbonyl (C=O) groups is 2. The maximum atomic E-state index is 13.0. The second-order valence-electron chi connectivity index (χ2n) is 8.44. The van der Waals surface area contributed by atoms with Crippen LogP contribution in [0, 0.1) is 5.92 Å². The van der Waals surface area contributed by atoms with Crippen LogP contribution in [0.25, 0.3) is 0 Å². The third-order valence-electron chi connectivity index (χ3n) is 6.37. The van der Waals surface area contributed by atoms with Crippen molar-refractivity contribution < 1.29 is 14.3 Å². The van der Waals surface area contributed by atoms with Crippen LogP contribution in [-0.2, 0) is 27.3 Å². The first-order chi connectivity index (χ1) is 13.6. The highest BCUT2D eigenvalue weighted by Gasteiger charge is 2.34. The molecule has 152 valence electrons. The van der Waals surface area contributed by atoms with Crippen molar-refractivity contribution in [2.24, 2.45) is 5.92 Å². The van der Waals surface area contributed by atoms with E-state index >= 15 is 0 Å². The standard InChI is InChI=1S/C22H31N3O3/c1-17-6-9-23(10-7-17)16-21(26)24-12-13-28-20(15-24)22(27)25-11-8-18-4-2-3-5-19(18)14-25/h2-5,17,20H,6-16H2,1H3/t20-/m1/s1. The summed E-state index contributed by atoms with van der Waals surface area (Å²) in [5, 5.41) is 0. The molecule has 6 nitrogen and oxygen atoms in total. The Labute approximate surface area is 167 Å². The molecule has 1 atom stereocenters. The van der Waals surface area contributed by atoms with Crippen molar-refractivity contribution in [1.29, 1.82) is 0 Å². The lowest BCUT2D eigenvalue weighted by Crippen LogP contribution is -2.55. The monoisotopic (exact) mass is 385 g/mol. The molecule has 0 aliphatic carbocycles. The van der Waals surface area contributed by atoms with Crippen LogP contribution in [-0.4, -0.2) is 78.5 Å². The molecule has 0 spiro atoms. The van der Waals surface area contributed by atoms with E-state index in [0.717, 1.165) is 44.8 Å². The molecule has 3 aliphatic rings. The molecule has 4 rings (SSSR count). The van der Waals surface area contributed by atoms with Crippen molar-refractivity contribution in [1.82, 2.24) is 14.7 Å². The summed E-state index contributed by atoms with van der Waals surface area (Å²) < 4.78 is 5.77. The first-order valence-corrected chi connectivity index (χ1v) is 10.6. The molecule has 2 fully saturated rings. The smallest absolute Gasteiger partial charge is 0.253 e. The van der Waals surface area contributed by atoms with Gasteiger partial charge in [0.05, 0.1) is 19.7 Å². The molecule has 0 saturated carbocycles. The van der Waals surface area contributed by atoms with Gasteiger partial charge in [-0.2, -0.15) is 0 Å². The van der Waals surface area contributed by atoms with Gasteiger partial charge in [-0.3, -0.25) is 14.5 Å². The Balaban J connectivity index is 1.32. The molecule has 1 aromatic carbocycles. The van der Waals surface area contributed by atoms with Crippen LogP contribution in [0.3, 0.4) is 0 Å². The number of carbonyl (C=O) groups excluding carboxylic acids is 2. The van der Waals surface area contributed by atoms with E-state index in [4.69, 9.17) is 4.74 Å². The predicted octanol–water partition coefficient (Wildman–Crippen LogP) is 1.53. The van der Waals surface area contributed by atoms with Gasteiger partial charge in [0, 0.05) is 19.6 Å². The molecule has 3 aliphatic heterocycles. The average Bonchev–Trinajstić information content (AvgIpc) is 2.74. The lowest BCUT2D eigenvalue weighted by atomic mass is 9.99. The highest BCUT2D eigenvalue weighted by atomic mass is 16.5. The van der Waals surface area contributed by atoms with Gasteiger partial charge in [-0.05, 0) is 49.4 Å². The van der Waals surface area contributed by atoms with Crippen LogP contribution in [0.1, 0.15) is 30.9 Å². The Morgan fingerprint density at radius 3 is 2.57 bits per heavy atom. The van der Waals surface area contributed by atoms with Crippen LogP contribution in [0.15, 0.2) is 24.3 Å². The van der Waals surface area contributed by atoms with Crippen LogP contribution in [0.2, 0.25) is 0 Å². The number of rotatable bonds is 3. The number of hydrogen-bond donors (Lipinski definition) is 0. The summed E-state index contributed by atoms with van der Waals surface area (Å²) in [6, 6.07) is 8.29. The van der Waals surface area contributed by atoms with Gasteiger partial charge in [0.2, 0.25) is 5.91 Å². The molecule has 0 aromatic heterocycles. The zero-order valence-corrected chi connectivity index (χ0v) is 16.8. The number of ether oxygens (including phenoxy) is 1. The fraction of sp³-hybridized carbons (Fsp3) is 0.636. The van der Waals surface area contributed by atoms with E-state index in [-0.39, 0.29) is 11.8 Å². The number of piperidine rings is 1. The van der Waals surface area contributed by atoms with E-state index in [1.165, 1.54) is 11.1 Å². The fourth-order valence-corrected chi connectivity index (χ4v) is 4.42. The van der Waals surface area contributed by atoms with Crippen LogP contribution in [0.5, 0.6) is 0 Å². The van der Waals surface area contributed by atoms with Crippen molar-refractivity contribution in [2.75, 3.05) is 45.9 Å². The SMILES string of the molecule is CC1CCN(CC(=O)N2CCO[C@@H](C(=O)N3CCc4ccccc4C3)C2)CC1. The predicted molar refractivity (Wildman–Crippen MR) is 107 cm³/mol. The van der Waals surface area contributed by atoms with Crippen molar-refractivity contribution in [3.8, 4) is 0 Å². The molecule has 0 bridgehead atoms. The molecule has 0 unspecified atom stereocenters. The summed E-state index contributed by atoms with van der Waals surface area (Å²) in [4.78, 5) is 31.7. The number of nitrogens with zero attached hydrogens (tertiary/aromatic N) is 3. The zero-order chi connectivity index (χ0) is 19.5. The molecule has 2 amide bonds. The van der Waals surface area contributed by atoms with Gasteiger partial charge in [-0.15, -0.1) is 0 Å². The van der Waals surface area contributed by atoms with Gasteiger partial charge in [0.15, 0.2) is 6.10 Å². The third-order valence-corrected chi connectivity index (χ3v) is 6.37. The summed E-state index contributed by atoms with van der Waals surface area (Å²) in [7, 11) is 0. The second-order valence-corrected chi connectivity index (χ2v) is 8.44. The Morgan fingerprint density at radius 1 is 1.04 bits per heavy atom. The number of morpholine rings is 1. The van der Waals surface area contributed by atoms with Gasteiger partial charge in [0.25, 0.3) is 5.91 Å². The van der Waals surface area contributed by atoms with E-state index in [9.17, 15) is 9.59 Å². The highest BCUT2D eigenvalue weighted by molar-refractivity contribution is 5.84. The zero-order valence-electron chi connectivity index (χ0n) is 16.8. The van der Waals surface area contributed by atoms with Crippen LogP contribution < -0.4 is 0 Å². The summed E-state index contributed by atoms with van der Waals surface area (Å²) in [6.07, 6.45) is 2.66. The maximum Gasteiger partial charge on any atom is 0.253 e. The Morgan fingerprint density at radius 2 is 1.79 bits per heavy atom. The van der Waals surface area contributed by atoms with Crippen molar-refractivity contribution in [3.63, 3.8) is 0 Å². The number of hydrogen-bond acceptors (Lipinski definition) is 4. The topological polar surface area (TPSA) is 53.1 Å². The normalized spacial score (nSPS) is 24.1. The Kier molecular flexibility index (Phi) is 5.97. The minimum absolute atomic E-state index is 0.0128. The molecule has 1 aromatic rings. The van der Waals surface area contributed by atoms with Gasteiger partial charge in [-0.1, -0.05) is 31.2 Å². The first kappa shape index (κ1) is 19.4. The first-order valence-electron chi connectivity index (χ1n) is 10.6. The molecule has 6 heteroatoms. The van der Waals surface area contributed by atoms with E-state index in [0.29, 0.717) is 32.8 Å². The van der Waals surface area contributed by atoms with E-state index in [1.807, 2.05) is 21.9 Å². The summed E-state index contributed by atoms with van der Waals surface area (Å²) in [5.41, 5.74) is 2.54.